The molecule has 0 saturated heterocycles. The molecule has 5 nitrogen and oxygen atoms in total. The third kappa shape index (κ3) is 6.93. The van der Waals surface area contributed by atoms with E-state index in [0.717, 1.165) is 61.3 Å². The van der Waals surface area contributed by atoms with Crippen LogP contribution in [0.25, 0.3) is 61.3 Å². The summed E-state index contributed by atoms with van der Waals surface area (Å²) in [6.45, 7) is 6.79. The molecule has 6 aromatic carbocycles. The quantitative estimate of drug-likeness (QED) is 0.107. The number of ether oxygens (including phenoxy) is 1. The van der Waals surface area contributed by atoms with E-state index in [1.807, 2.05) is 59.6 Å². The fourth-order valence-electron chi connectivity index (χ4n) is 7.23. The Bertz CT molecular complexity index is 2690. The molecule has 9 aromatic rings. The van der Waals surface area contributed by atoms with E-state index in [9.17, 15) is 0 Å². The summed E-state index contributed by atoms with van der Waals surface area (Å²) >= 11 is 0. The van der Waals surface area contributed by atoms with E-state index in [1.54, 1.807) is 0 Å². The number of hydrogen-bond acceptors (Lipinski definition) is 2. The first-order valence-electron chi connectivity index (χ1n) is 18.4. The molecule has 1 unspecified atom stereocenters. The van der Waals surface area contributed by atoms with Gasteiger partial charge in [0.05, 0.1) is 5.69 Å². The van der Waals surface area contributed by atoms with E-state index >= 15 is 0 Å². The van der Waals surface area contributed by atoms with Gasteiger partial charge in [0.15, 0.2) is 0 Å². The Labute approximate surface area is 336 Å². The van der Waals surface area contributed by atoms with Crippen molar-refractivity contribution >= 4 is 21.8 Å². The topological polar surface area (TPSA) is 35.9 Å². The summed E-state index contributed by atoms with van der Waals surface area (Å²) in [6, 6.07) is 57.3. The van der Waals surface area contributed by atoms with Crippen molar-refractivity contribution in [3.05, 3.63) is 188 Å². The molecule has 0 aliphatic rings. The Morgan fingerprint density at radius 1 is 0.655 bits per heavy atom. The molecule has 0 bridgehead atoms. The molecule has 0 radical (unpaired) electrons. The molecule has 3 aromatic heterocycles. The second-order valence-electron chi connectivity index (χ2n) is 14.0. The van der Waals surface area contributed by atoms with Crippen molar-refractivity contribution in [3.63, 3.8) is 0 Å². The van der Waals surface area contributed by atoms with Crippen molar-refractivity contribution in [2.24, 2.45) is 5.92 Å². The molecule has 0 amide bonds. The normalized spacial score (nSPS) is 11.9. The maximum Gasteiger partial charge on any atom is 0.267 e. The largest absolute Gasteiger partial charge is 0.510 e. The third-order valence-electron chi connectivity index (χ3n) is 10.3. The van der Waals surface area contributed by atoms with Crippen molar-refractivity contribution in [1.29, 1.82) is 0 Å². The number of aromatic nitrogens is 4. The first kappa shape index (κ1) is 36.0. The summed E-state index contributed by atoms with van der Waals surface area (Å²) < 4.78 is 12.7. The molecule has 0 aliphatic carbocycles. The van der Waals surface area contributed by atoms with Crippen LogP contribution in [0.2, 0.25) is 0 Å². The van der Waals surface area contributed by atoms with E-state index in [2.05, 4.69) is 158 Å². The molecule has 55 heavy (non-hydrogen) atoms. The minimum Gasteiger partial charge on any atom is -0.510 e. The maximum absolute atomic E-state index is 6.50. The van der Waals surface area contributed by atoms with Gasteiger partial charge in [-0.3, -0.25) is 4.57 Å². The predicted molar refractivity (Wildman–Crippen MR) is 217 cm³/mol. The summed E-state index contributed by atoms with van der Waals surface area (Å²) in [5, 5.41) is 2.24. The number of fused-ring (bicyclic) bond motifs is 3. The number of rotatable bonds is 9. The van der Waals surface area contributed by atoms with E-state index in [0.29, 0.717) is 23.3 Å². The third-order valence-corrected chi connectivity index (χ3v) is 10.3. The van der Waals surface area contributed by atoms with Crippen LogP contribution in [0.4, 0.5) is 0 Å². The first-order valence-corrected chi connectivity index (χ1v) is 18.4. The van der Waals surface area contributed by atoms with E-state index < -0.39 is 0 Å². The number of para-hydroxylation sites is 2. The van der Waals surface area contributed by atoms with E-state index in [-0.39, 0.29) is 21.1 Å². The van der Waals surface area contributed by atoms with Crippen LogP contribution < -0.4 is 9.30 Å². The Morgan fingerprint density at radius 2 is 1.33 bits per heavy atom. The van der Waals surface area contributed by atoms with Crippen molar-refractivity contribution < 1.29 is 30.4 Å². The standard InChI is InChI=1S/C49H38N4O.Pt/c1-34(2)35(3)38-26-27-50-48(30-38)53-46-23-11-10-20-44(46)45-25-24-41(32-47(45)53)54-40-19-12-18-39(31-40)51-28-29-52(33-51)49-42(36-14-6-4-7-15-36)21-13-22-43(49)37-16-8-5-9-17-37;/h4-30,34-35H,1-3H3;/q-2;. The van der Waals surface area contributed by atoms with E-state index in [1.165, 1.54) is 5.56 Å². The zero-order valence-corrected chi connectivity index (χ0v) is 33.0. The van der Waals surface area contributed by atoms with Crippen molar-refractivity contribution in [2.45, 2.75) is 26.7 Å². The zero-order valence-electron chi connectivity index (χ0n) is 30.8. The Hall–Kier alpha value is -6.03. The molecule has 0 fully saturated rings. The molecular weight excluding hydrogens is 856 g/mol. The van der Waals surface area contributed by atoms with Crippen LogP contribution in [0.5, 0.6) is 11.5 Å². The van der Waals surface area contributed by atoms with Gasteiger partial charge in [0.25, 0.3) is 6.33 Å². The van der Waals surface area contributed by atoms with Crippen LogP contribution in [0.1, 0.15) is 32.3 Å². The fourth-order valence-corrected chi connectivity index (χ4v) is 7.23. The molecular formula is C49H38N4OPt-2. The molecule has 6 heteroatoms. The SMILES string of the molecule is CC(C)C(C)c1ccnc(-n2c3[c-]c(Oc4[c-]c(-n5[c-][n+](-c6c(-c7ccccc7)cccc6-c6ccccc6)cc5)ccc4)ccc3c3ccccc32)c1.[Pt]. The van der Waals surface area contributed by atoms with Crippen LogP contribution in [0, 0.1) is 24.4 Å². The van der Waals surface area contributed by atoms with Gasteiger partial charge in [-0.1, -0.05) is 123 Å². The number of benzene rings is 6. The number of imidazole rings is 1. The maximum atomic E-state index is 6.50. The Balaban J connectivity index is 0.00000427. The van der Waals surface area contributed by atoms with Gasteiger partial charge < -0.3 is 13.9 Å². The fraction of sp³-hybridized carbons (Fsp3) is 0.102. The average molecular weight is 894 g/mol. The Morgan fingerprint density at radius 3 is 2.05 bits per heavy atom. The molecule has 1 atom stereocenters. The van der Waals surface area contributed by atoms with Crippen LogP contribution in [0.3, 0.4) is 0 Å². The van der Waals surface area contributed by atoms with Gasteiger partial charge in [-0.05, 0) is 68.9 Å². The molecule has 0 saturated carbocycles. The van der Waals surface area contributed by atoms with Crippen molar-refractivity contribution in [1.82, 2.24) is 14.1 Å². The second-order valence-corrected chi connectivity index (χ2v) is 14.0. The second kappa shape index (κ2) is 15.4. The van der Waals surface area contributed by atoms with Crippen LogP contribution in [-0.2, 0) is 21.1 Å². The summed E-state index contributed by atoms with van der Waals surface area (Å²) in [7, 11) is 0. The van der Waals surface area contributed by atoms with Crippen LogP contribution in [-0.4, -0.2) is 14.1 Å². The van der Waals surface area contributed by atoms with Crippen LogP contribution in [0.15, 0.2) is 164 Å². The van der Waals surface area contributed by atoms with Gasteiger partial charge in [-0.25, -0.2) is 4.98 Å². The smallest absolute Gasteiger partial charge is 0.267 e. The molecule has 0 aliphatic heterocycles. The summed E-state index contributed by atoms with van der Waals surface area (Å²) in [5.41, 5.74) is 9.65. The van der Waals surface area contributed by atoms with Crippen molar-refractivity contribution in [2.75, 3.05) is 0 Å². The van der Waals surface area contributed by atoms with Gasteiger partial charge >= 0.3 is 0 Å². The predicted octanol–water partition coefficient (Wildman–Crippen LogP) is 11.5. The molecule has 0 spiro atoms. The van der Waals surface area contributed by atoms with Gasteiger partial charge in [0.2, 0.25) is 0 Å². The summed E-state index contributed by atoms with van der Waals surface area (Å²) in [4.78, 5) is 4.84. The van der Waals surface area contributed by atoms with Gasteiger partial charge in [0, 0.05) is 56.7 Å². The number of hydrogen-bond donors (Lipinski definition) is 0. The minimum atomic E-state index is 0. The summed E-state index contributed by atoms with van der Waals surface area (Å²) in [5.74, 6) is 2.97. The summed E-state index contributed by atoms with van der Waals surface area (Å²) in [6.07, 6.45) is 9.53. The number of nitrogens with zero attached hydrogens (tertiary/aromatic N) is 4. The van der Waals surface area contributed by atoms with Gasteiger partial charge in [-0.2, -0.15) is 18.2 Å². The first-order chi connectivity index (χ1) is 26.5. The van der Waals surface area contributed by atoms with Crippen molar-refractivity contribution in [3.8, 4) is 50.9 Å². The molecule has 272 valence electrons. The monoisotopic (exact) mass is 893 g/mol. The zero-order chi connectivity index (χ0) is 36.6. The average Bonchev–Trinajstić information content (AvgIpc) is 3.84. The van der Waals surface area contributed by atoms with Gasteiger partial charge in [-0.15, -0.1) is 29.7 Å². The Kier molecular flexibility index (Phi) is 10.1. The minimum absolute atomic E-state index is 0. The van der Waals surface area contributed by atoms with Crippen LogP contribution >= 0.6 is 0 Å². The molecule has 3 heterocycles. The molecule has 9 rings (SSSR count). The van der Waals surface area contributed by atoms with Gasteiger partial charge in [0.1, 0.15) is 5.82 Å². The number of pyridine rings is 1. The van der Waals surface area contributed by atoms with E-state index in [4.69, 9.17) is 9.72 Å². The molecule has 0 N–H and O–H groups in total.